The highest BCUT2D eigenvalue weighted by atomic mass is 16.5. The van der Waals surface area contributed by atoms with Crippen molar-refractivity contribution in [3.63, 3.8) is 0 Å². The zero-order valence-electron chi connectivity index (χ0n) is 15.4. The molecule has 2 saturated heterocycles. The van der Waals surface area contributed by atoms with Crippen LogP contribution in [0.25, 0.3) is 0 Å². The molecule has 0 spiro atoms. The van der Waals surface area contributed by atoms with Crippen LogP contribution in [0.4, 0.5) is 0 Å². The van der Waals surface area contributed by atoms with Crippen molar-refractivity contribution in [1.82, 2.24) is 9.80 Å². The van der Waals surface area contributed by atoms with Crippen molar-refractivity contribution in [3.8, 4) is 0 Å². The third kappa shape index (κ3) is 4.81. The van der Waals surface area contributed by atoms with E-state index in [1.807, 2.05) is 32.3 Å². The Balaban J connectivity index is 1.47. The molecule has 0 aromatic heterocycles. The Morgan fingerprint density at radius 1 is 1.28 bits per heavy atom. The maximum Gasteiger partial charge on any atom is 0.225 e. The molecule has 3 rings (SSSR count). The van der Waals surface area contributed by atoms with Crippen LogP contribution in [0.3, 0.4) is 0 Å². The minimum absolute atomic E-state index is 0.0989. The number of hydrogen-bond donors (Lipinski definition) is 0. The maximum atomic E-state index is 12.5. The number of benzene rings is 1. The molecular formula is C20H30N2O3. The monoisotopic (exact) mass is 346 g/mol. The topological polar surface area (TPSA) is 42.0 Å². The van der Waals surface area contributed by atoms with Crippen LogP contribution >= 0.6 is 0 Å². The lowest BCUT2D eigenvalue weighted by molar-refractivity contribution is -0.149. The number of rotatable bonds is 6. The lowest BCUT2D eigenvalue weighted by Gasteiger charge is -2.45. The number of nitrogens with zero attached hydrogens (tertiary/aromatic N) is 2. The van der Waals surface area contributed by atoms with Gasteiger partial charge in [-0.25, -0.2) is 0 Å². The van der Waals surface area contributed by atoms with Gasteiger partial charge in [-0.15, -0.1) is 0 Å². The number of likely N-dealkylation sites (tertiary alicyclic amines) is 1. The van der Waals surface area contributed by atoms with Crippen LogP contribution in [0.5, 0.6) is 0 Å². The summed E-state index contributed by atoms with van der Waals surface area (Å²) < 4.78 is 11.8. The molecule has 2 aliphatic rings. The second-order valence-electron chi connectivity index (χ2n) is 7.33. The van der Waals surface area contributed by atoms with Crippen LogP contribution in [-0.4, -0.2) is 68.8 Å². The van der Waals surface area contributed by atoms with E-state index in [-0.39, 0.29) is 17.9 Å². The standard InChI is InChI=1S/C20H30N2O3/c1-21(2)20(23)17-9-12-25-19-8-10-22(14-18(17)19)11-13-24-15-16-6-4-3-5-7-16/h3-7,17-19H,8-15H2,1-2H3/t17-,18-,19-/m1/s1. The van der Waals surface area contributed by atoms with Crippen molar-refractivity contribution in [1.29, 1.82) is 0 Å². The molecule has 0 N–H and O–H groups in total. The highest BCUT2D eigenvalue weighted by Gasteiger charge is 2.41. The Morgan fingerprint density at radius 3 is 2.84 bits per heavy atom. The van der Waals surface area contributed by atoms with E-state index in [1.165, 1.54) is 5.56 Å². The minimum atomic E-state index is 0.0989. The molecule has 2 heterocycles. The summed E-state index contributed by atoms with van der Waals surface area (Å²) in [5.41, 5.74) is 1.21. The summed E-state index contributed by atoms with van der Waals surface area (Å²) in [5, 5.41) is 0. The summed E-state index contributed by atoms with van der Waals surface area (Å²) >= 11 is 0. The zero-order valence-corrected chi connectivity index (χ0v) is 15.4. The van der Waals surface area contributed by atoms with Crippen molar-refractivity contribution in [2.45, 2.75) is 25.6 Å². The zero-order chi connectivity index (χ0) is 17.6. The number of carbonyl (C=O) groups is 1. The molecule has 5 heteroatoms. The normalized spacial score (nSPS) is 26.9. The van der Waals surface area contributed by atoms with Gasteiger partial charge in [-0.1, -0.05) is 30.3 Å². The van der Waals surface area contributed by atoms with Gasteiger partial charge in [0.15, 0.2) is 0 Å². The number of amides is 1. The highest BCUT2D eigenvalue weighted by Crippen LogP contribution is 2.33. The molecule has 25 heavy (non-hydrogen) atoms. The summed E-state index contributed by atoms with van der Waals surface area (Å²) in [5.74, 6) is 0.661. The number of ether oxygens (including phenoxy) is 2. The molecule has 0 radical (unpaired) electrons. The summed E-state index contributed by atoms with van der Waals surface area (Å²) in [6.07, 6.45) is 2.10. The van der Waals surface area contributed by atoms with Crippen LogP contribution in [0, 0.1) is 11.8 Å². The molecule has 1 aromatic carbocycles. The fraction of sp³-hybridized carbons (Fsp3) is 0.650. The second kappa shape index (κ2) is 8.79. The number of piperidine rings is 1. The smallest absolute Gasteiger partial charge is 0.225 e. The van der Waals surface area contributed by atoms with Crippen molar-refractivity contribution in [3.05, 3.63) is 35.9 Å². The van der Waals surface area contributed by atoms with Gasteiger partial charge in [0, 0.05) is 52.2 Å². The van der Waals surface area contributed by atoms with E-state index in [9.17, 15) is 4.79 Å². The summed E-state index contributed by atoms with van der Waals surface area (Å²) in [4.78, 5) is 16.7. The fourth-order valence-corrected chi connectivity index (χ4v) is 3.98. The summed E-state index contributed by atoms with van der Waals surface area (Å²) in [7, 11) is 3.70. The predicted octanol–water partition coefficient (Wildman–Crippen LogP) is 2.02. The first-order chi connectivity index (χ1) is 12.1. The average molecular weight is 346 g/mol. The quantitative estimate of drug-likeness (QED) is 0.739. The number of fused-ring (bicyclic) bond motifs is 1. The minimum Gasteiger partial charge on any atom is -0.378 e. The number of hydrogen-bond acceptors (Lipinski definition) is 4. The predicted molar refractivity (Wildman–Crippen MR) is 97.2 cm³/mol. The highest BCUT2D eigenvalue weighted by molar-refractivity contribution is 5.78. The first-order valence-corrected chi connectivity index (χ1v) is 9.32. The van der Waals surface area contributed by atoms with E-state index in [4.69, 9.17) is 9.47 Å². The largest absolute Gasteiger partial charge is 0.378 e. The summed E-state index contributed by atoms with van der Waals surface area (Å²) in [6.45, 7) is 4.97. The van der Waals surface area contributed by atoms with Crippen molar-refractivity contribution in [2.24, 2.45) is 11.8 Å². The lowest BCUT2D eigenvalue weighted by atomic mass is 9.79. The molecule has 138 valence electrons. The molecular weight excluding hydrogens is 316 g/mol. The molecule has 1 amide bonds. The van der Waals surface area contributed by atoms with E-state index < -0.39 is 0 Å². The van der Waals surface area contributed by atoms with Crippen LogP contribution < -0.4 is 0 Å². The molecule has 0 unspecified atom stereocenters. The third-order valence-electron chi connectivity index (χ3n) is 5.38. The Hall–Kier alpha value is -1.43. The van der Waals surface area contributed by atoms with Gasteiger partial charge in [-0.2, -0.15) is 0 Å². The lowest BCUT2D eigenvalue weighted by Crippen LogP contribution is -2.53. The molecule has 3 atom stereocenters. The first kappa shape index (κ1) is 18.4. The molecule has 0 aliphatic carbocycles. The van der Waals surface area contributed by atoms with Crippen LogP contribution in [0.15, 0.2) is 30.3 Å². The molecule has 2 aliphatic heterocycles. The number of carbonyl (C=O) groups excluding carboxylic acids is 1. The Kier molecular flexibility index (Phi) is 6.45. The Bertz CT molecular complexity index is 549. The average Bonchev–Trinajstić information content (AvgIpc) is 2.65. The molecule has 0 bridgehead atoms. The van der Waals surface area contributed by atoms with E-state index >= 15 is 0 Å². The molecule has 0 saturated carbocycles. The van der Waals surface area contributed by atoms with Crippen molar-refractivity contribution >= 4 is 5.91 Å². The van der Waals surface area contributed by atoms with Gasteiger partial charge in [0.1, 0.15) is 0 Å². The van der Waals surface area contributed by atoms with Gasteiger partial charge in [-0.05, 0) is 18.4 Å². The van der Waals surface area contributed by atoms with Crippen molar-refractivity contribution < 1.29 is 14.3 Å². The SMILES string of the molecule is CN(C)C(=O)[C@@H]1CCO[C@@H]2CCN(CCOCc3ccccc3)C[C@@H]21. The van der Waals surface area contributed by atoms with E-state index in [0.29, 0.717) is 19.1 Å². The second-order valence-corrected chi connectivity index (χ2v) is 7.33. The first-order valence-electron chi connectivity index (χ1n) is 9.32. The Morgan fingerprint density at radius 2 is 2.08 bits per heavy atom. The van der Waals surface area contributed by atoms with Gasteiger partial charge >= 0.3 is 0 Å². The van der Waals surface area contributed by atoms with Gasteiger partial charge < -0.3 is 19.3 Å². The molecule has 2 fully saturated rings. The van der Waals surface area contributed by atoms with Crippen molar-refractivity contribution in [2.75, 3.05) is 46.9 Å². The molecule has 5 nitrogen and oxygen atoms in total. The van der Waals surface area contributed by atoms with Crippen LogP contribution in [0.2, 0.25) is 0 Å². The Labute approximate surface area is 150 Å². The summed E-state index contributed by atoms with van der Waals surface area (Å²) in [6, 6.07) is 10.3. The van der Waals surface area contributed by atoms with Gasteiger partial charge in [-0.3, -0.25) is 4.79 Å². The van der Waals surface area contributed by atoms with Gasteiger partial charge in [0.25, 0.3) is 0 Å². The van der Waals surface area contributed by atoms with Crippen LogP contribution in [-0.2, 0) is 20.9 Å². The fourth-order valence-electron chi connectivity index (χ4n) is 3.98. The maximum absolute atomic E-state index is 12.5. The van der Waals surface area contributed by atoms with E-state index in [1.54, 1.807) is 4.90 Å². The third-order valence-corrected chi connectivity index (χ3v) is 5.38. The van der Waals surface area contributed by atoms with E-state index in [0.717, 1.165) is 39.1 Å². The van der Waals surface area contributed by atoms with Gasteiger partial charge in [0.2, 0.25) is 5.91 Å². The molecule has 1 aromatic rings. The van der Waals surface area contributed by atoms with Crippen LogP contribution in [0.1, 0.15) is 18.4 Å². The van der Waals surface area contributed by atoms with Gasteiger partial charge in [0.05, 0.1) is 19.3 Å². The van der Waals surface area contributed by atoms with E-state index in [2.05, 4.69) is 17.0 Å².